The third kappa shape index (κ3) is 4.06. The summed E-state index contributed by atoms with van der Waals surface area (Å²) in [5.41, 5.74) is 1.88. The maximum absolute atomic E-state index is 12.6. The number of nitrogens with one attached hydrogen (secondary N) is 1. The maximum Gasteiger partial charge on any atom is 0.258 e. The Kier molecular flexibility index (Phi) is 5.78. The first-order valence-electron chi connectivity index (χ1n) is 8.28. The molecule has 3 rings (SSSR count). The molecule has 1 saturated heterocycles. The molecule has 1 aromatic heterocycles. The Balaban J connectivity index is 1.84. The second-order valence-corrected chi connectivity index (χ2v) is 6.62. The number of hydrogen-bond acceptors (Lipinski definition) is 4. The molecule has 0 radical (unpaired) electrons. The van der Waals surface area contributed by atoms with Crippen LogP contribution >= 0.6 is 23.2 Å². The number of likely N-dealkylation sites (N-methyl/N-ethyl adjacent to an activating group) is 1. The summed E-state index contributed by atoms with van der Waals surface area (Å²) in [4.78, 5) is 21.1. The number of hydrogen-bond donors (Lipinski definition) is 1. The van der Waals surface area contributed by atoms with Crippen molar-refractivity contribution >= 4 is 40.5 Å². The highest BCUT2D eigenvalue weighted by molar-refractivity contribution is 6.35. The van der Waals surface area contributed by atoms with E-state index in [1.54, 1.807) is 18.3 Å². The average Bonchev–Trinajstić information content (AvgIpc) is 2.62. The van der Waals surface area contributed by atoms with Crippen LogP contribution in [0.1, 0.15) is 17.3 Å². The molecule has 1 amide bonds. The number of piperazine rings is 1. The lowest BCUT2D eigenvalue weighted by Gasteiger charge is -2.36. The monoisotopic (exact) mass is 378 g/mol. The summed E-state index contributed by atoms with van der Waals surface area (Å²) in [6.45, 7) is 6.89. The number of nitrogens with zero attached hydrogens (tertiary/aromatic N) is 3. The molecule has 0 aliphatic carbocycles. The first-order chi connectivity index (χ1) is 12.1. The molecule has 1 N–H and O–H groups in total. The number of benzene rings is 1. The topological polar surface area (TPSA) is 48.5 Å². The largest absolute Gasteiger partial charge is 0.366 e. The number of rotatable bonds is 4. The summed E-state index contributed by atoms with van der Waals surface area (Å²) in [6.07, 6.45) is 1.55. The van der Waals surface area contributed by atoms with E-state index in [0.29, 0.717) is 16.3 Å². The normalized spacial score (nSPS) is 15.2. The van der Waals surface area contributed by atoms with Gasteiger partial charge in [-0.25, -0.2) is 4.98 Å². The summed E-state index contributed by atoms with van der Waals surface area (Å²) >= 11 is 12.5. The van der Waals surface area contributed by atoms with Crippen molar-refractivity contribution in [1.82, 2.24) is 9.88 Å². The van der Waals surface area contributed by atoms with Crippen LogP contribution < -0.4 is 10.2 Å². The number of pyridine rings is 1. The zero-order valence-corrected chi connectivity index (χ0v) is 15.5. The SMILES string of the molecule is CCN1CCN(c2c(Cl)cccc2NC(=O)c2cccnc2Cl)CC1. The Morgan fingerprint density at radius 3 is 2.60 bits per heavy atom. The van der Waals surface area contributed by atoms with Crippen molar-refractivity contribution in [3.63, 3.8) is 0 Å². The maximum atomic E-state index is 12.6. The lowest BCUT2D eigenvalue weighted by Crippen LogP contribution is -2.46. The predicted molar refractivity (Wildman–Crippen MR) is 103 cm³/mol. The molecule has 0 spiro atoms. The van der Waals surface area contributed by atoms with Crippen molar-refractivity contribution < 1.29 is 4.79 Å². The van der Waals surface area contributed by atoms with Crippen molar-refractivity contribution in [1.29, 1.82) is 0 Å². The van der Waals surface area contributed by atoms with E-state index in [0.717, 1.165) is 38.4 Å². The second-order valence-electron chi connectivity index (χ2n) is 5.85. The molecular weight excluding hydrogens is 359 g/mol. The zero-order chi connectivity index (χ0) is 17.8. The Labute approximate surface area is 157 Å². The third-order valence-corrected chi connectivity index (χ3v) is 4.98. The van der Waals surface area contributed by atoms with Crippen LogP contribution in [0.4, 0.5) is 11.4 Å². The van der Waals surface area contributed by atoms with Gasteiger partial charge in [0.15, 0.2) is 0 Å². The van der Waals surface area contributed by atoms with Gasteiger partial charge >= 0.3 is 0 Å². The lowest BCUT2D eigenvalue weighted by atomic mass is 10.2. The minimum atomic E-state index is -0.297. The molecule has 1 fully saturated rings. The third-order valence-electron chi connectivity index (χ3n) is 4.37. The van der Waals surface area contributed by atoms with Crippen LogP contribution in [0.15, 0.2) is 36.5 Å². The van der Waals surface area contributed by atoms with Crippen molar-refractivity contribution in [2.24, 2.45) is 0 Å². The van der Waals surface area contributed by atoms with Crippen LogP contribution in [0.25, 0.3) is 0 Å². The first-order valence-corrected chi connectivity index (χ1v) is 9.03. The summed E-state index contributed by atoms with van der Waals surface area (Å²) in [5.74, 6) is -0.297. The van der Waals surface area contributed by atoms with Crippen molar-refractivity contribution in [2.45, 2.75) is 6.92 Å². The van der Waals surface area contributed by atoms with Gasteiger partial charge < -0.3 is 15.1 Å². The Hall–Kier alpha value is -1.82. The van der Waals surface area contributed by atoms with Gasteiger partial charge in [0.2, 0.25) is 0 Å². The van der Waals surface area contributed by atoms with E-state index in [2.05, 4.69) is 27.0 Å². The van der Waals surface area contributed by atoms with E-state index in [1.165, 1.54) is 0 Å². The smallest absolute Gasteiger partial charge is 0.258 e. The van der Waals surface area contributed by atoms with Gasteiger partial charge in [-0.05, 0) is 30.8 Å². The van der Waals surface area contributed by atoms with Crippen LogP contribution in [-0.4, -0.2) is 48.5 Å². The lowest BCUT2D eigenvalue weighted by molar-refractivity contribution is 0.102. The van der Waals surface area contributed by atoms with Crippen molar-refractivity contribution in [2.75, 3.05) is 42.9 Å². The summed E-state index contributed by atoms with van der Waals surface area (Å²) < 4.78 is 0. The molecule has 0 atom stereocenters. The number of aromatic nitrogens is 1. The molecule has 1 aromatic carbocycles. The van der Waals surface area contributed by atoms with Crippen LogP contribution in [0.2, 0.25) is 10.2 Å². The van der Waals surface area contributed by atoms with Crippen molar-refractivity contribution in [3.8, 4) is 0 Å². The summed E-state index contributed by atoms with van der Waals surface area (Å²) in [5, 5.41) is 3.73. The molecule has 2 heterocycles. The van der Waals surface area contributed by atoms with Gasteiger partial charge in [-0.3, -0.25) is 4.79 Å². The standard InChI is InChI=1S/C18H20Cl2N4O/c1-2-23-9-11-24(12-10-23)16-14(19)6-3-7-15(16)22-18(25)13-5-4-8-21-17(13)20/h3-8H,2,9-12H2,1H3,(H,22,25). The quantitative estimate of drug-likeness (QED) is 0.822. The van der Waals surface area contributed by atoms with E-state index in [4.69, 9.17) is 23.2 Å². The number of carbonyl (C=O) groups is 1. The Morgan fingerprint density at radius 1 is 1.16 bits per heavy atom. The number of halogens is 2. The number of anilines is 2. The van der Waals surface area contributed by atoms with E-state index in [-0.39, 0.29) is 11.1 Å². The summed E-state index contributed by atoms with van der Waals surface area (Å²) in [6, 6.07) is 8.86. The fraction of sp³-hybridized carbons (Fsp3) is 0.333. The highest BCUT2D eigenvalue weighted by Crippen LogP contribution is 2.35. The van der Waals surface area contributed by atoms with Crippen LogP contribution in [0, 0.1) is 0 Å². The van der Waals surface area contributed by atoms with Gasteiger partial charge in [0.1, 0.15) is 5.15 Å². The first kappa shape index (κ1) is 18.0. The fourth-order valence-corrected chi connectivity index (χ4v) is 3.47. The summed E-state index contributed by atoms with van der Waals surface area (Å²) in [7, 11) is 0. The molecule has 1 aliphatic rings. The highest BCUT2D eigenvalue weighted by atomic mass is 35.5. The molecule has 5 nitrogen and oxygen atoms in total. The van der Waals surface area contributed by atoms with Gasteiger partial charge in [-0.15, -0.1) is 0 Å². The number of amides is 1. The molecular formula is C18H20Cl2N4O. The molecule has 0 saturated carbocycles. The van der Waals surface area contributed by atoms with E-state index >= 15 is 0 Å². The molecule has 0 bridgehead atoms. The molecule has 2 aromatic rings. The Bertz CT molecular complexity index is 760. The van der Waals surface area contributed by atoms with Crippen LogP contribution in [0.3, 0.4) is 0 Å². The fourth-order valence-electron chi connectivity index (χ4n) is 2.97. The van der Waals surface area contributed by atoms with Gasteiger partial charge in [-0.1, -0.05) is 36.2 Å². The number of carbonyl (C=O) groups excluding carboxylic acids is 1. The Morgan fingerprint density at radius 2 is 1.92 bits per heavy atom. The minimum Gasteiger partial charge on any atom is -0.366 e. The van der Waals surface area contributed by atoms with Gasteiger partial charge in [0.25, 0.3) is 5.91 Å². The van der Waals surface area contributed by atoms with Crippen LogP contribution in [-0.2, 0) is 0 Å². The van der Waals surface area contributed by atoms with Gasteiger partial charge in [0.05, 0.1) is 22.0 Å². The van der Waals surface area contributed by atoms with Crippen LogP contribution in [0.5, 0.6) is 0 Å². The number of para-hydroxylation sites is 1. The van der Waals surface area contributed by atoms with Gasteiger partial charge in [0, 0.05) is 32.4 Å². The molecule has 0 unspecified atom stereocenters. The average molecular weight is 379 g/mol. The zero-order valence-electron chi connectivity index (χ0n) is 14.0. The van der Waals surface area contributed by atoms with Crippen molar-refractivity contribution in [3.05, 3.63) is 52.3 Å². The van der Waals surface area contributed by atoms with E-state index in [1.807, 2.05) is 18.2 Å². The second kappa shape index (κ2) is 8.04. The molecule has 1 aliphatic heterocycles. The minimum absolute atomic E-state index is 0.181. The molecule has 7 heteroatoms. The van der Waals surface area contributed by atoms with E-state index in [9.17, 15) is 4.79 Å². The van der Waals surface area contributed by atoms with Gasteiger partial charge in [-0.2, -0.15) is 0 Å². The molecule has 132 valence electrons. The highest BCUT2D eigenvalue weighted by Gasteiger charge is 2.22. The predicted octanol–water partition coefficient (Wildman–Crippen LogP) is 3.78. The molecule has 25 heavy (non-hydrogen) atoms. The van der Waals surface area contributed by atoms with E-state index < -0.39 is 0 Å².